The molecule has 0 atom stereocenters. The van der Waals surface area contributed by atoms with Crippen molar-refractivity contribution in [2.75, 3.05) is 19.0 Å². The molecule has 182 valence electrons. The molecular weight excluding hydrogens is 529 g/mol. The van der Waals surface area contributed by atoms with E-state index in [0.29, 0.717) is 32.8 Å². The highest BCUT2D eigenvalue weighted by Gasteiger charge is 2.13. The van der Waals surface area contributed by atoms with Gasteiger partial charge in [-0.1, -0.05) is 24.3 Å². The number of rotatable bonds is 8. The molecule has 0 aromatic heterocycles. The molecule has 0 spiro atoms. The summed E-state index contributed by atoms with van der Waals surface area (Å²) in [7, 11) is 1.51. The van der Waals surface area contributed by atoms with E-state index in [1.807, 2.05) is 30.3 Å². The van der Waals surface area contributed by atoms with Crippen LogP contribution in [-0.2, 0) is 4.79 Å². The molecule has 2 amide bonds. The first-order valence-corrected chi connectivity index (χ1v) is 11.6. The number of benzene rings is 4. The van der Waals surface area contributed by atoms with Gasteiger partial charge in [-0.15, -0.1) is 0 Å². The van der Waals surface area contributed by atoms with Gasteiger partial charge in [0.2, 0.25) is 0 Å². The number of nitrogens with one attached hydrogen (secondary N) is 2. The number of hydrogen-bond donors (Lipinski definition) is 2. The minimum Gasteiger partial charge on any atom is -0.496 e. The van der Waals surface area contributed by atoms with Gasteiger partial charge in [0, 0.05) is 5.69 Å². The number of anilines is 1. The lowest BCUT2D eigenvalue weighted by Gasteiger charge is -2.10. The zero-order chi connectivity index (χ0) is 25.5. The Morgan fingerprint density at radius 3 is 2.39 bits per heavy atom. The van der Waals surface area contributed by atoms with Crippen LogP contribution < -0.4 is 20.2 Å². The van der Waals surface area contributed by atoms with E-state index in [0.717, 1.165) is 10.8 Å². The van der Waals surface area contributed by atoms with Crippen molar-refractivity contribution in [2.24, 2.45) is 5.10 Å². The van der Waals surface area contributed by atoms with Gasteiger partial charge in [0.1, 0.15) is 17.3 Å². The normalized spacial score (nSPS) is 10.9. The Bertz CT molecular complexity index is 1440. The minimum absolute atomic E-state index is 0.229. The van der Waals surface area contributed by atoms with Gasteiger partial charge in [-0.25, -0.2) is 9.82 Å². The van der Waals surface area contributed by atoms with Gasteiger partial charge in [-0.3, -0.25) is 9.59 Å². The van der Waals surface area contributed by atoms with Gasteiger partial charge in [0.05, 0.1) is 23.4 Å². The van der Waals surface area contributed by atoms with Gasteiger partial charge in [0.25, 0.3) is 11.8 Å². The molecule has 0 aliphatic carbocycles. The summed E-state index contributed by atoms with van der Waals surface area (Å²) in [6.07, 6.45) is 1.49. The summed E-state index contributed by atoms with van der Waals surface area (Å²) in [6.45, 7) is -0.229. The molecule has 0 saturated heterocycles. The van der Waals surface area contributed by atoms with E-state index in [4.69, 9.17) is 9.47 Å². The predicted octanol–water partition coefficient (Wildman–Crippen LogP) is 5.53. The highest BCUT2D eigenvalue weighted by atomic mass is 79.9. The molecule has 0 aliphatic rings. The molecule has 9 heteroatoms. The lowest BCUT2D eigenvalue weighted by molar-refractivity contribution is -0.118. The molecule has 0 unspecified atom stereocenters. The number of carbonyl (C=O) groups excluding carboxylic acids is 2. The lowest BCUT2D eigenvalue weighted by Crippen LogP contribution is -2.20. The number of hydrazone groups is 1. The second-order valence-electron chi connectivity index (χ2n) is 7.63. The van der Waals surface area contributed by atoms with Crippen LogP contribution in [0.3, 0.4) is 0 Å². The zero-order valence-electron chi connectivity index (χ0n) is 19.1. The fraction of sp³-hybridized carbons (Fsp3) is 0.0741. The molecule has 0 bridgehead atoms. The van der Waals surface area contributed by atoms with Crippen molar-refractivity contribution in [1.29, 1.82) is 0 Å². The topological polar surface area (TPSA) is 89.0 Å². The Morgan fingerprint density at radius 2 is 1.69 bits per heavy atom. The standard InChI is InChI=1S/C27H21BrFN3O4/c1-35-25-14-19-5-3-2-4-18(19)13-22(25)27(34)32-30-15-17-6-11-24(23(28)12-17)36-16-26(33)31-21-9-7-20(29)8-10-21/h2-15H,16H2,1H3,(H,31,33)(H,32,34)/b30-15-. The second-order valence-corrected chi connectivity index (χ2v) is 8.49. The molecule has 7 nitrogen and oxygen atoms in total. The van der Waals surface area contributed by atoms with Crippen molar-refractivity contribution >= 4 is 50.4 Å². The van der Waals surface area contributed by atoms with Gasteiger partial charge < -0.3 is 14.8 Å². The summed E-state index contributed by atoms with van der Waals surface area (Å²) >= 11 is 3.41. The van der Waals surface area contributed by atoms with Crippen LogP contribution in [0.15, 0.2) is 88.4 Å². The fourth-order valence-corrected chi connectivity index (χ4v) is 3.89. The average molecular weight is 550 g/mol. The van der Waals surface area contributed by atoms with Crippen LogP contribution in [0.2, 0.25) is 0 Å². The first-order chi connectivity index (χ1) is 17.4. The molecule has 36 heavy (non-hydrogen) atoms. The van der Waals surface area contributed by atoms with Gasteiger partial charge >= 0.3 is 0 Å². The van der Waals surface area contributed by atoms with Crippen LogP contribution >= 0.6 is 15.9 Å². The second kappa shape index (κ2) is 11.5. The highest BCUT2D eigenvalue weighted by Crippen LogP contribution is 2.27. The first kappa shape index (κ1) is 24.9. The molecular formula is C27H21BrFN3O4. The summed E-state index contributed by atoms with van der Waals surface area (Å²) in [5, 5.41) is 8.54. The first-order valence-electron chi connectivity index (χ1n) is 10.8. The van der Waals surface area contributed by atoms with Crippen molar-refractivity contribution in [1.82, 2.24) is 5.43 Å². The Balaban J connectivity index is 1.35. The summed E-state index contributed by atoms with van der Waals surface area (Å²) in [4.78, 5) is 24.8. The number of methoxy groups -OCH3 is 1. The zero-order valence-corrected chi connectivity index (χ0v) is 20.7. The number of ether oxygens (including phenoxy) is 2. The third-order valence-electron chi connectivity index (χ3n) is 5.13. The van der Waals surface area contributed by atoms with Gasteiger partial charge in [0.15, 0.2) is 6.61 Å². The Morgan fingerprint density at radius 1 is 0.972 bits per heavy atom. The number of fused-ring (bicyclic) bond motifs is 1. The molecule has 0 aliphatic heterocycles. The molecule has 4 aromatic carbocycles. The van der Waals surface area contributed by atoms with E-state index >= 15 is 0 Å². The van der Waals surface area contributed by atoms with Crippen LogP contribution in [0.5, 0.6) is 11.5 Å². The number of amides is 2. The van der Waals surface area contributed by atoms with E-state index in [1.54, 1.807) is 24.3 Å². The smallest absolute Gasteiger partial charge is 0.275 e. The molecule has 0 saturated carbocycles. The van der Waals surface area contributed by atoms with Crippen molar-refractivity contribution in [3.05, 3.63) is 100 Å². The maximum Gasteiger partial charge on any atom is 0.275 e. The van der Waals surface area contributed by atoms with Crippen LogP contribution in [0, 0.1) is 5.82 Å². The maximum atomic E-state index is 13.0. The quantitative estimate of drug-likeness (QED) is 0.223. The summed E-state index contributed by atoms with van der Waals surface area (Å²) in [6, 6.07) is 21.8. The summed E-state index contributed by atoms with van der Waals surface area (Å²) in [5.41, 5.74) is 4.05. The van der Waals surface area contributed by atoms with Gasteiger partial charge in [-0.2, -0.15) is 5.10 Å². The minimum atomic E-state index is -0.403. The number of hydrogen-bond acceptors (Lipinski definition) is 5. The third-order valence-corrected chi connectivity index (χ3v) is 5.75. The Labute approximate surface area is 215 Å². The Kier molecular flexibility index (Phi) is 7.92. The van der Waals surface area contributed by atoms with E-state index in [9.17, 15) is 14.0 Å². The van der Waals surface area contributed by atoms with Gasteiger partial charge in [-0.05, 0) is 86.9 Å². The van der Waals surface area contributed by atoms with E-state index in [2.05, 4.69) is 31.8 Å². The van der Waals surface area contributed by atoms with Crippen LogP contribution in [0.25, 0.3) is 10.8 Å². The average Bonchev–Trinajstić information content (AvgIpc) is 2.88. The molecule has 0 fully saturated rings. The van der Waals surface area contributed by atoms with Crippen molar-refractivity contribution < 1.29 is 23.5 Å². The monoisotopic (exact) mass is 549 g/mol. The van der Waals surface area contributed by atoms with E-state index in [-0.39, 0.29) is 18.3 Å². The molecule has 4 rings (SSSR count). The molecule has 0 heterocycles. The lowest BCUT2D eigenvalue weighted by atomic mass is 10.1. The van der Waals surface area contributed by atoms with E-state index in [1.165, 1.54) is 37.6 Å². The summed E-state index contributed by atoms with van der Waals surface area (Å²) < 4.78 is 24.5. The van der Waals surface area contributed by atoms with Crippen LogP contribution in [-0.4, -0.2) is 31.7 Å². The highest BCUT2D eigenvalue weighted by molar-refractivity contribution is 9.10. The van der Waals surface area contributed by atoms with Crippen molar-refractivity contribution in [3.8, 4) is 11.5 Å². The number of nitrogens with zero attached hydrogens (tertiary/aromatic N) is 1. The summed E-state index contributed by atoms with van der Waals surface area (Å²) in [5.74, 6) is -0.267. The van der Waals surface area contributed by atoms with Crippen LogP contribution in [0.1, 0.15) is 15.9 Å². The van der Waals surface area contributed by atoms with Crippen LogP contribution in [0.4, 0.5) is 10.1 Å². The van der Waals surface area contributed by atoms with E-state index < -0.39 is 5.91 Å². The number of halogens is 2. The SMILES string of the molecule is COc1cc2ccccc2cc1C(=O)N/N=C\c1ccc(OCC(=O)Nc2ccc(F)cc2)c(Br)c1. The molecule has 2 N–H and O–H groups in total. The number of carbonyl (C=O) groups is 2. The predicted molar refractivity (Wildman–Crippen MR) is 140 cm³/mol. The van der Waals surface area contributed by atoms with Crippen molar-refractivity contribution in [2.45, 2.75) is 0 Å². The fourth-order valence-electron chi connectivity index (χ4n) is 3.38. The maximum absolute atomic E-state index is 13.0. The largest absolute Gasteiger partial charge is 0.496 e. The molecule has 0 radical (unpaired) electrons. The third kappa shape index (κ3) is 6.25. The van der Waals surface area contributed by atoms with Crippen molar-refractivity contribution in [3.63, 3.8) is 0 Å². The molecule has 4 aromatic rings. The Hall–Kier alpha value is -4.24.